The van der Waals surface area contributed by atoms with Crippen LogP contribution in [0.5, 0.6) is 5.75 Å². The van der Waals surface area contributed by atoms with Gasteiger partial charge in [0.05, 0.1) is 7.11 Å². The molecule has 0 unspecified atom stereocenters. The van der Waals surface area contributed by atoms with Crippen molar-refractivity contribution in [3.8, 4) is 5.75 Å². The molecule has 0 amide bonds. The Labute approximate surface area is 175 Å². The zero-order valence-corrected chi connectivity index (χ0v) is 18.3. The van der Waals surface area contributed by atoms with Crippen LogP contribution in [-0.4, -0.2) is 24.3 Å². The number of nitrogens with one attached hydrogen (secondary N) is 1. The maximum absolute atomic E-state index is 5.48. The van der Waals surface area contributed by atoms with Crippen LogP contribution in [0.15, 0.2) is 36.5 Å². The molecule has 3 aliphatic rings. The molecule has 2 fully saturated rings. The molecule has 5 atom stereocenters. The summed E-state index contributed by atoms with van der Waals surface area (Å²) in [5.41, 5.74) is 5.08. The van der Waals surface area contributed by atoms with Crippen molar-refractivity contribution in [3.63, 3.8) is 0 Å². The maximum atomic E-state index is 5.48. The van der Waals surface area contributed by atoms with Crippen molar-refractivity contribution in [3.05, 3.63) is 53.3 Å². The molecular weight excluding hydrogens is 356 g/mol. The minimum absolute atomic E-state index is 0.472. The molecule has 1 aromatic heterocycles. The Hall–Kier alpha value is -1.74. The van der Waals surface area contributed by atoms with Crippen LogP contribution in [0.3, 0.4) is 0 Å². The van der Waals surface area contributed by atoms with Crippen molar-refractivity contribution in [2.24, 2.45) is 24.3 Å². The predicted molar refractivity (Wildman–Crippen MR) is 119 cm³/mol. The molecule has 0 radical (unpaired) electrons. The summed E-state index contributed by atoms with van der Waals surface area (Å²) in [5.74, 6) is 3.54. The average molecular weight is 393 g/mol. The van der Waals surface area contributed by atoms with Gasteiger partial charge in [0.15, 0.2) is 0 Å². The van der Waals surface area contributed by atoms with Gasteiger partial charge in [0.1, 0.15) is 5.75 Å². The van der Waals surface area contributed by atoms with Gasteiger partial charge < -0.3 is 14.6 Å². The van der Waals surface area contributed by atoms with E-state index in [4.69, 9.17) is 4.74 Å². The summed E-state index contributed by atoms with van der Waals surface area (Å²) in [4.78, 5) is 0. The molecule has 2 aromatic rings. The summed E-state index contributed by atoms with van der Waals surface area (Å²) in [6.45, 7) is 3.70. The minimum Gasteiger partial charge on any atom is -0.497 e. The van der Waals surface area contributed by atoms with E-state index in [9.17, 15) is 0 Å². The highest BCUT2D eigenvalue weighted by atomic mass is 16.5. The van der Waals surface area contributed by atoms with Gasteiger partial charge in [-0.2, -0.15) is 0 Å². The van der Waals surface area contributed by atoms with E-state index in [0.29, 0.717) is 11.5 Å². The molecule has 1 N–H and O–H groups in total. The van der Waals surface area contributed by atoms with E-state index in [1.807, 2.05) is 0 Å². The lowest BCUT2D eigenvalue weighted by atomic mass is 9.55. The Morgan fingerprint density at radius 2 is 2.07 bits per heavy atom. The van der Waals surface area contributed by atoms with Crippen LogP contribution < -0.4 is 10.1 Å². The molecule has 1 aromatic carbocycles. The Bertz CT molecular complexity index is 871. The summed E-state index contributed by atoms with van der Waals surface area (Å²) in [5, 5.41) is 3.99. The van der Waals surface area contributed by atoms with Gasteiger partial charge in [-0.25, -0.2) is 0 Å². The van der Waals surface area contributed by atoms with E-state index in [2.05, 4.69) is 60.4 Å². The van der Waals surface area contributed by atoms with Gasteiger partial charge in [0.25, 0.3) is 0 Å². The number of methoxy groups -OCH3 is 1. The third-order valence-corrected chi connectivity index (χ3v) is 8.76. The first-order valence-corrected chi connectivity index (χ1v) is 11.6. The summed E-state index contributed by atoms with van der Waals surface area (Å²) in [6.07, 6.45) is 11.4. The van der Waals surface area contributed by atoms with Crippen LogP contribution in [0.4, 0.5) is 0 Å². The highest BCUT2D eigenvalue weighted by Crippen LogP contribution is 2.60. The fraction of sp³-hybridized carbons (Fsp3) is 0.615. The smallest absolute Gasteiger partial charge is 0.119 e. The lowest BCUT2D eigenvalue weighted by Gasteiger charge is -2.51. The normalized spacial score (nSPS) is 33.1. The van der Waals surface area contributed by atoms with Crippen molar-refractivity contribution in [2.45, 2.75) is 63.8 Å². The number of nitrogens with zero attached hydrogens (tertiary/aromatic N) is 1. The zero-order valence-electron chi connectivity index (χ0n) is 18.3. The molecule has 29 heavy (non-hydrogen) atoms. The fourth-order valence-corrected chi connectivity index (χ4v) is 7.15. The van der Waals surface area contributed by atoms with Crippen LogP contribution in [-0.2, 0) is 19.9 Å². The van der Waals surface area contributed by atoms with Crippen LogP contribution in [0.2, 0.25) is 0 Å². The first-order chi connectivity index (χ1) is 14.1. The second kappa shape index (κ2) is 7.50. The molecule has 3 nitrogen and oxygen atoms in total. The van der Waals surface area contributed by atoms with E-state index in [0.717, 1.165) is 36.5 Å². The zero-order chi connectivity index (χ0) is 20.0. The Morgan fingerprint density at radius 3 is 2.86 bits per heavy atom. The second-order valence-corrected chi connectivity index (χ2v) is 9.97. The first-order valence-electron chi connectivity index (χ1n) is 11.6. The van der Waals surface area contributed by atoms with Crippen molar-refractivity contribution in [2.75, 3.05) is 13.7 Å². The summed E-state index contributed by atoms with van der Waals surface area (Å²) in [6, 6.07) is 11.9. The number of aryl methyl sites for hydroxylation is 2. The summed E-state index contributed by atoms with van der Waals surface area (Å²) >= 11 is 0. The average Bonchev–Trinajstić information content (AvgIpc) is 3.30. The van der Waals surface area contributed by atoms with E-state index in [1.54, 1.807) is 18.2 Å². The predicted octanol–water partition coefficient (Wildman–Crippen LogP) is 5.09. The Kier molecular flexibility index (Phi) is 4.98. The number of aromatic nitrogens is 1. The van der Waals surface area contributed by atoms with Crippen molar-refractivity contribution in [1.82, 2.24) is 9.88 Å². The molecule has 3 aliphatic carbocycles. The van der Waals surface area contributed by atoms with Crippen molar-refractivity contribution in [1.29, 1.82) is 0 Å². The maximum Gasteiger partial charge on any atom is 0.119 e. The van der Waals surface area contributed by atoms with Crippen molar-refractivity contribution < 1.29 is 4.74 Å². The molecule has 2 saturated carbocycles. The van der Waals surface area contributed by atoms with Gasteiger partial charge in [-0.3, -0.25) is 0 Å². The SMILES string of the molecule is COc1ccc2c(c1)CC[C@@H]1[C@@H]2CC[C@]2(C)[C@@H](NCCc3cccn3C)CC[C@@H]12. The van der Waals surface area contributed by atoms with Gasteiger partial charge in [-0.15, -0.1) is 0 Å². The van der Waals surface area contributed by atoms with Gasteiger partial charge in [-0.05, 0) is 97.1 Å². The number of hydrogen-bond donors (Lipinski definition) is 1. The topological polar surface area (TPSA) is 26.2 Å². The minimum atomic E-state index is 0.472. The quantitative estimate of drug-likeness (QED) is 0.767. The highest BCUT2D eigenvalue weighted by molar-refractivity contribution is 5.40. The molecule has 1 heterocycles. The number of fused-ring (bicyclic) bond motifs is 5. The van der Waals surface area contributed by atoms with Gasteiger partial charge >= 0.3 is 0 Å². The molecule has 0 aliphatic heterocycles. The number of rotatable bonds is 5. The molecule has 156 valence electrons. The monoisotopic (exact) mass is 392 g/mol. The first kappa shape index (κ1) is 19.2. The number of hydrogen-bond acceptors (Lipinski definition) is 2. The van der Waals surface area contributed by atoms with Gasteiger partial charge in [0, 0.05) is 37.9 Å². The Balaban J connectivity index is 1.28. The number of benzene rings is 1. The van der Waals surface area contributed by atoms with Crippen LogP contribution in [0.1, 0.15) is 61.8 Å². The van der Waals surface area contributed by atoms with E-state index in [-0.39, 0.29) is 0 Å². The third kappa shape index (κ3) is 3.22. The molecule has 3 heteroatoms. The van der Waals surface area contributed by atoms with E-state index >= 15 is 0 Å². The molecular formula is C26H36N2O. The molecule has 0 saturated heterocycles. The molecule has 0 bridgehead atoms. The van der Waals surface area contributed by atoms with E-state index < -0.39 is 0 Å². The highest BCUT2D eigenvalue weighted by Gasteiger charge is 2.54. The second-order valence-electron chi connectivity index (χ2n) is 9.97. The lowest BCUT2D eigenvalue weighted by molar-refractivity contribution is 0.0413. The summed E-state index contributed by atoms with van der Waals surface area (Å²) in [7, 11) is 3.93. The van der Waals surface area contributed by atoms with Gasteiger partial charge in [0.2, 0.25) is 0 Å². The lowest BCUT2D eigenvalue weighted by Crippen LogP contribution is -2.49. The van der Waals surface area contributed by atoms with Crippen LogP contribution in [0, 0.1) is 17.3 Å². The van der Waals surface area contributed by atoms with E-state index in [1.165, 1.54) is 44.2 Å². The third-order valence-electron chi connectivity index (χ3n) is 8.76. The Morgan fingerprint density at radius 1 is 1.17 bits per heavy atom. The standard InChI is InChI=1S/C26H36N2O/c1-26-14-12-22-21-9-7-20(29-3)17-18(21)6-8-23(22)24(26)10-11-25(26)27-15-13-19-5-4-16-28(19)2/h4-5,7,9,16-17,22-25,27H,6,8,10-15H2,1-3H3/t22-,23-,24+,25+,26+/m1/s1. The van der Waals surface area contributed by atoms with Gasteiger partial charge in [-0.1, -0.05) is 13.0 Å². The largest absolute Gasteiger partial charge is 0.497 e. The summed E-state index contributed by atoms with van der Waals surface area (Å²) < 4.78 is 7.73. The van der Waals surface area contributed by atoms with Crippen molar-refractivity contribution >= 4 is 0 Å². The fourth-order valence-electron chi connectivity index (χ4n) is 7.15. The number of ether oxygens (including phenoxy) is 1. The molecule has 5 rings (SSSR count). The molecule has 0 spiro atoms. The van der Waals surface area contributed by atoms with Crippen LogP contribution >= 0.6 is 0 Å². The van der Waals surface area contributed by atoms with Crippen LogP contribution in [0.25, 0.3) is 0 Å².